The summed E-state index contributed by atoms with van der Waals surface area (Å²) in [6, 6.07) is 26.6. The summed E-state index contributed by atoms with van der Waals surface area (Å²) in [5.41, 5.74) is 11.4. The van der Waals surface area contributed by atoms with Crippen molar-refractivity contribution in [2.24, 2.45) is 23.5 Å². The summed E-state index contributed by atoms with van der Waals surface area (Å²) < 4.78 is 13.9. The molecule has 1 aliphatic heterocycles. The second kappa shape index (κ2) is 14.6. The van der Waals surface area contributed by atoms with E-state index in [0.717, 1.165) is 53.5 Å². The van der Waals surface area contributed by atoms with Gasteiger partial charge in [0.05, 0.1) is 29.1 Å². The molecule has 48 heavy (non-hydrogen) atoms. The van der Waals surface area contributed by atoms with Gasteiger partial charge in [0.25, 0.3) is 5.91 Å². The molecule has 3 atom stereocenters. The summed E-state index contributed by atoms with van der Waals surface area (Å²) >= 11 is 6.09. The summed E-state index contributed by atoms with van der Waals surface area (Å²) in [6.45, 7) is 4.02. The van der Waals surface area contributed by atoms with Crippen molar-refractivity contribution in [1.82, 2.24) is 5.32 Å². The number of para-hydroxylation sites is 1. The minimum atomic E-state index is -1.01. The number of rotatable bonds is 11. The monoisotopic (exact) mass is 663 g/mol. The Morgan fingerprint density at radius 1 is 0.938 bits per heavy atom. The Hall–Kier alpha value is -4.75. The number of nitrogens with one attached hydrogen (secondary N) is 1. The summed E-state index contributed by atoms with van der Waals surface area (Å²) in [6.07, 6.45) is 6.63. The molecule has 0 spiro atoms. The highest BCUT2D eigenvalue weighted by Gasteiger charge is 2.39. The topological polar surface area (TPSA) is 92.5 Å². The van der Waals surface area contributed by atoms with E-state index in [4.69, 9.17) is 17.3 Å². The standard InChI is InChI=1S/C40H39ClFN3O3/c1-2-10-32(38(43)46)33(22-25-11-3-4-12-25)39(47)44-37-31-17-6-5-15-29(31)30-16-7-8-18-36(30)45(40(37)48)24-26-13-9-14-27(21-26)28-19-20-35(42)34(41)23-28/h2,5-9,13-21,23,25,32-33,37H,1,3-4,10-12,22,24H2,(H2,43,46)(H,44,47)/t32-,33+,37?/m0/s1. The van der Waals surface area contributed by atoms with E-state index in [9.17, 15) is 18.8 Å². The molecule has 2 aliphatic rings. The highest BCUT2D eigenvalue weighted by atomic mass is 35.5. The molecular weight excluding hydrogens is 625 g/mol. The summed E-state index contributed by atoms with van der Waals surface area (Å²) in [4.78, 5) is 43.5. The van der Waals surface area contributed by atoms with Gasteiger partial charge >= 0.3 is 0 Å². The summed E-state index contributed by atoms with van der Waals surface area (Å²) in [5, 5.41) is 3.14. The number of carbonyl (C=O) groups excluding carboxylic acids is 3. The van der Waals surface area contributed by atoms with E-state index < -0.39 is 29.6 Å². The number of hydrogen-bond donors (Lipinski definition) is 2. The average molecular weight is 664 g/mol. The van der Waals surface area contributed by atoms with E-state index in [1.54, 1.807) is 23.1 Å². The number of nitrogens with zero attached hydrogens (tertiary/aromatic N) is 1. The van der Waals surface area contributed by atoms with Gasteiger partial charge in [0.15, 0.2) is 0 Å². The zero-order chi connectivity index (χ0) is 33.8. The number of amides is 3. The average Bonchev–Trinajstić information content (AvgIpc) is 3.59. The molecule has 3 amide bonds. The number of benzene rings is 4. The van der Waals surface area contributed by atoms with Gasteiger partial charge in [0, 0.05) is 5.56 Å². The molecule has 6 rings (SSSR count). The third-order valence-corrected chi connectivity index (χ3v) is 10.0. The van der Waals surface area contributed by atoms with Crippen LogP contribution in [0.25, 0.3) is 22.3 Å². The van der Waals surface area contributed by atoms with E-state index in [1.165, 1.54) is 6.07 Å². The van der Waals surface area contributed by atoms with E-state index >= 15 is 0 Å². The fourth-order valence-corrected chi connectivity index (χ4v) is 7.50. The Morgan fingerprint density at radius 3 is 2.38 bits per heavy atom. The molecule has 1 aliphatic carbocycles. The van der Waals surface area contributed by atoms with Crippen molar-refractivity contribution >= 4 is 35.0 Å². The number of nitrogens with two attached hydrogens (primary N) is 1. The molecule has 1 saturated carbocycles. The van der Waals surface area contributed by atoms with E-state index in [0.29, 0.717) is 23.6 Å². The molecule has 0 saturated heterocycles. The lowest BCUT2D eigenvalue weighted by atomic mass is 9.80. The predicted molar refractivity (Wildman–Crippen MR) is 188 cm³/mol. The van der Waals surface area contributed by atoms with Gasteiger partial charge in [-0.15, -0.1) is 6.58 Å². The Labute approximate surface area is 285 Å². The van der Waals surface area contributed by atoms with Crippen LogP contribution in [0.3, 0.4) is 0 Å². The maximum atomic E-state index is 14.8. The molecule has 1 fully saturated rings. The van der Waals surface area contributed by atoms with E-state index in [2.05, 4.69) is 11.9 Å². The van der Waals surface area contributed by atoms with Gasteiger partial charge in [0.2, 0.25) is 11.8 Å². The Kier molecular flexibility index (Phi) is 10.1. The van der Waals surface area contributed by atoms with Crippen molar-refractivity contribution < 1.29 is 18.8 Å². The molecule has 246 valence electrons. The van der Waals surface area contributed by atoms with Crippen LogP contribution in [0.4, 0.5) is 10.1 Å². The highest BCUT2D eigenvalue weighted by Crippen LogP contribution is 2.42. The molecule has 0 aromatic heterocycles. The first kappa shape index (κ1) is 33.2. The van der Waals surface area contributed by atoms with Crippen LogP contribution in [0.2, 0.25) is 5.02 Å². The normalized spacial score (nSPS) is 17.2. The number of halogens is 2. The summed E-state index contributed by atoms with van der Waals surface area (Å²) in [5.74, 6) is -2.80. The molecule has 6 nitrogen and oxygen atoms in total. The molecule has 1 unspecified atom stereocenters. The lowest BCUT2D eigenvalue weighted by Gasteiger charge is -2.30. The molecule has 4 aromatic rings. The van der Waals surface area contributed by atoms with Crippen molar-refractivity contribution in [3.63, 3.8) is 0 Å². The second-order valence-electron chi connectivity index (χ2n) is 12.8. The molecule has 8 heteroatoms. The second-order valence-corrected chi connectivity index (χ2v) is 13.2. The van der Waals surface area contributed by atoms with Crippen LogP contribution in [0.1, 0.15) is 55.7 Å². The fourth-order valence-electron chi connectivity index (χ4n) is 7.32. The zero-order valence-electron chi connectivity index (χ0n) is 26.7. The number of allylic oxidation sites excluding steroid dienone is 1. The van der Waals surface area contributed by atoms with E-state index in [-0.39, 0.29) is 29.8 Å². The van der Waals surface area contributed by atoms with Crippen LogP contribution in [-0.4, -0.2) is 17.7 Å². The number of anilines is 1. The largest absolute Gasteiger partial charge is 0.369 e. The molecule has 1 heterocycles. The highest BCUT2D eigenvalue weighted by molar-refractivity contribution is 6.31. The van der Waals surface area contributed by atoms with Crippen LogP contribution >= 0.6 is 11.6 Å². The Balaban J connectivity index is 1.38. The van der Waals surface area contributed by atoms with Crippen LogP contribution in [-0.2, 0) is 20.9 Å². The third kappa shape index (κ3) is 6.92. The first-order valence-corrected chi connectivity index (χ1v) is 16.9. The Bertz CT molecular complexity index is 1850. The first-order chi connectivity index (χ1) is 23.2. The van der Waals surface area contributed by atoms with Gasteiger partial charge in [-0.1, -0.05) is 110 Å². The van der Waals surface area contributed by atoms with Crippen molar-refractivity contribution in [3.8, 4) is 22.3 Å². The van der Waals surface area contributed by atoms with Crippen molar-refractivity contribution in [2.45, 2.75) is 51.1 Å². The predicted octanol–water partition coefficient (Wildman–Crippen LogP) is 8.39. The minimum absolute atomic E-state index is 0.0313. The maximum Gasteiger partial charge on any atom is 0.254 e. The van der Waals surface area contributed by atoms with Gasteiger partial charge in [-0.25, -0.2) is 4.39 Å². The minimum Gasteiger partial charge on any atom is -0.369 e. The zero-order valence-corrected chi connectivity index (χ0v) is 27.5. The summed E-state index contributed by atoms with van der Waals surface area (Å²) in [7, 11) is 0. The lowest BCUT2D eigenvalue weighted by Crippen LogP contribution is -2.47. The van der Waals surface area contributed by atoms with Crippen molar-refractivity contribution in [1.29, 1.82) is 0 Å². The van der Waals surface area contributed by atoms with Crippen LogP contribution in [0.15, 0.2) is 104 Å². The van der Waals surface area contributed by atoms with Crippen LogP contribution in [0, 0.1) is 23.6 Å². The molecule has 0 bridgehead atoms. The third-order valence-electron chi connectivity index (χ3n) is 9.75. The van der Waals surface area contributed by atoms with Crippen LogP contribution < -0.4 is 16.0 Å². The van der Waals surface area contributed by atoms with Gasteiger partial charge < -0.3 is 16.0 Å². The smallest absolute Gasteiger partial charge is 0.254 e. The van der Waals surface area contributed by atoms with E-state index in [1.807, 2.05) is 72.8 Å². The molecule has 0 radical (unpaired) electrons. The quantitative estimate of drug-likeness (QED) is 0.158. The maximum absolute atomic E-state index is 14.8. The number of primary amides is 1. The number of fused-ring (bicyclic) bond motifs is 3. The van der Waals surface area contributed by atoms with Gasteiger partial charge in [-0.2, -0.15) is 0 Å². The number of carbonyl (C=O) groups is 3. The van der Waals surface area contributed by atoms with Crippen LogP contribution in [0.5, 0.6) is 0 Å². The van der Waals surface area contributed by atoms with Crippen molar-refractivity contribution in [3.05, 3.63) is 126 Å². The van der Waals surface area contributed by atoms with Crippen molar-refractivity contribution in [2.75, 3.05) is 4.90 Å². The van der Waals surface area contributed by atoms with Gasteiger partial charge in [-0.05, 0) is 70.8 Å². The number of hydrogen-bond acceptors (Lipinski definition) is 3. The van der Waals surface area contributed by atoms with Gasteiger partial charge in [0.1, 0.15) is 11.9 Å². The molecule has 3 N–H and O–H groups in total. The van der Waals surface area contributed by atoms with Gasteiger partial charge in [-0.3, -0.25) is 14.4 Å². The SMILES string of the molecule is C=CC[C@H](C(N)=O)[C@@H](CC1CCCC1)C(=O)NC1C(=O)N(Cc2cccc(-c3ccc(F)c(Cl)c3)c2)c2ccccc2-c2ccccc21. The fraction of sp³-hybridized carbons (Fsp3) is 0.275. The first-order valence-electron chi connectivity index (χ1n) is 16.5. The molecular formula is C40H39ClFN3O3. The lowest BCUT2D eigenvalue weighted by molar-refractivity contribution is -0.136. The molecule has 4 aromatic carbocycles. The Morgan fingerprint density at radius 2 is 1.65 bits per heavy atom.